The van der Waals surface area contributed by atoms with Crippen molar-refractivity contribution in [2.24, 2.45) is 0 Å². The first-order valence-corrected chi connectivity index (χ1v) is 6.39. The van der Waals surface area contributed by atoms with E-state index in [2.05, 4.69) is 22.6 Å². The molecule has 2 rings (SSSR count). The van der Waals surface area contributed by atoms with Crippen molar-refractivity contribution < 1.29 is 13.9 Å². The summed E-state index contributed by atoms with van der Waals surface area (Å²) in [6.45, 7) is 0.198. The fourth-order valence-corrected chi connectivity index (χ4v) is 2.26. The summed E-state index contributed by atoms with van der Waals surface area (Å²) < 4.78 is 11.0. The third-order valence-corrected chi connectivity index (χ3v) is 3.33. The average Bonchev–Trinajstić information content (AvgIpc) is 2.90. The Bertz CT molecular complexity index is 525. The predicted octanol–water partition coefficient (Wildman–Crippen LogP) is 3.13. The molecule has 0 spiro atoms. The highest BCUT2D eigenvalue weighted by molar-refractivity contribution is 14.1. The Balaban J connectivity index is 2.34. The first kappa shape index (κ1) is 13.1. The number of anilines is 1. The van der Waals surface area contributed by atoms with Crippen LogP contribution < -0.4 is 4.90 Å². The van der Waals surface area contributed by atoms with E-state index in [1.165, 1.54) is 12.5 Å². The van der Waals surface area contributed by atoms with Crippen LogP contribution in [-0.4, -0.2) is 19.7 Å². The van der Waals surface area contributed by atoms with Gasteiger partial charge in [0.05, 0.1) is 17.5 Å². The molecule has 2 aromatic rings. The maximum Gasteiger partial charge on any atom is 0.263 e. The number of carbonyl (C=O) groups excluding carboxylic acids is 1. The molecule has 0 saturated carbocycles. The van der Waals surface area contributed by atoms with Gasteiger partial charge in [-0.2, -0.15) is 0 Å². The number of methoxy groups -OCH3 is 1. The van der Waals surface area contributed by atoms with Crippen LogP contribution in [0.25, 0.3) is 0 Å². The zero-order valence-electron chi connectivity index (χ0n) is 9.80. The fourth-order valence-electron chi connectivity index (χ4n) is 1.58. The molecule has 0 bridgehead atoms. The van der Waals surface area contributed by atoms with Crippen LogP contribution in [0.2, 0.25) is 0 Å². The molecular formula is C13H12INO3. The molecular weight excluding hydrogens is 345 g/mol. The minimum atomic E-state index is -0.144. The van der Waals surface area contributed by atoms with Gasteiger partial charge in [-0.3, -0.25) is 9.69 Å². The number of rotatable bonds is 4. The van der Waals surface area contributed by atoms with E-state index in [9.17, 15) is 4.79 Å². The van der Waals surface area contributed by atoms with Crippen LogP contribution in [0.1, 0.15) is 10.4 Å². The molecule has 0 aliphatic heterocycles. The van der Waals surface area contributed by atoms with Gasteiger partial charge in [0.2, 0.25) is 0 Å². The predicted molar refractivity (Wildman–Crippen MR) is 76.6 cm³/mol. The summed E-state index contributed by atoms with van der Waals surface area (Å²) in [5.74, 6) is -0.144. The van der Waals surface area contributed by atoms with Crippen LogP contribution in [0.5, 0.6) is 0 Å². The third-order valence-electron chi connectivity index (χ3n) is 2.41. The van der Waals surface area contributed by atoms with Gasteiger partial charge in [0.15, 0.2) is 0 Å². The maximum atomic E-state index is 12.3. The van der Waals surface area contributed by atoms with Gasteiger partial charge in [-0.05, 0) is 40.8 Å². The van der Waals surface area contributed by atoms with Crippen LogP contribution in [0.4, 0.5) is 5.69 Å². The van der Waals surface area contributed by atoms with Gasteiger partial charge in [0.25, 0.3) is 5.91 Å². The number of furan rings is 1. The maximum absolute atomic E-state index is 12.3. The van der Waals surface area contributed by atoms with E-state index >= 15 is 0 Å². The number of ether oxygens (including phenoxy) is 1. The minimum Gasteiger partial charge on any atom is -0.472 e. The van der Waals surface area contributed by atoms with E-state index in [1.807, 2.05) is 24.3 Å². The van der Waals surface area contributed by atoms with E-state index < -0.39 is 0 Å². The second-order valence-electron chi connectivity index (χ2n) is 3.61. The molecule has 18 heavy (non-hydrogen) atoms. The van der Waals surface area contributed by atoms with Crippen LogP contribution in [-0.2, 0) is 4.74 Å². The lowest BCUT2D eigenvalue weighted by atomic mass is 10.2. The number of para-hydroxylation sites is 1. The molecule has 1 amide bonds. The van der Waals surface area contributed by atoms with E-state index in [1.54, 1.807) is 18.1 Å². The van der Waals surface area contributed by atoms with Crippen molar-refractivity contribution in [2.45, 2.75) is 0 Å². The summed E-state index contributed by atoms with van der Waals surface area (Å²) in [6.07, 6.45) is 2.91. The fraction of sp³-hybridized carbons (Fsp3) is 0.154. The SMILES string of the molecule is COCN(C(=O)c1ccoc1)c1ccccc1I. The highest BCUT2D eigenvalue weighted by Gasteiger charge is 2.20. The topological polar surface area (TPSA) is 42.7 Å². The molecule has 0 radical (unpaired) electrons. The number of hydrogen-bond acceptors (Lipinski definition) is 3. The highest BCUT2D eigenvalue weighted by atomic mass is 127. The molecule has 94 valence electrons. The zero-order valence-corrected chi connectivity index (χ0v) is 12.0. The lowest BCUT2D eigenvalue weighted by Gasteiger charge is -2.22. The van der Waals surface area contributed by atoms with Gasteiger partial charge in [-0.1, -0.05) is 12.1 Å². The molecule has 1 aromatic carbocycles. The van der Waals surface area contributed by atoms with Gasteiger partial charge < -0.3 is 9.15 Å². The number of halogens is 1. The molecule has 0 aliphatic rings. The molecule has 0 unspecified atom stereocenters. The monoisotopic (exact) mass is 357 g/mol. The molecule has 0 fully saturated rings. The summed E-state index contributed by atoms with van der Waals surface area (Å²) >= 11 is 2.19. The van der Waals surface area contributed by atoms with E-state index in [0.29, 0.717) is 5.56 Å². The molecule has 1 aromatic heterocycles. The van der Waals surface area contributed by atoms with E-state index in [-0.39, 0.29) is 12.6 Å². The van der Waals surface area contributed by atoms with Crippen molar-refractivity contribution in [1.82, 2.24) is 0 Å². The third kappa shape index (κ3) is 2.73. The first-order chi connectivity index (χ1) is 8.74. The number of benzene rings is 1. The zero-order chi connectivity index (χ0) is 13.0. The van der Waals surface area contributed by atoms with E-state index in [4.69, 9.17) is 9.15 Å². The van der Waals surface area contributed by atoms with Crippen molar-refractivity contribution in [3.8, 4) is 0 Å². The number of amides is 1. The van der Waals surface area contributed by atoms with Crippen LogP contribution in [0.15, 0.2) is 47.3 Å². The van der Waals surface area contributed by atoms with Gasteiger partial charge >= 0.3 is 0 Å². The lowest BCUT2D eigenvalue weighted by molar-refractivity contribution is 0.0935. The molecule has 0 N–H and O–H groups in total. The first-order valence-electron chi connectivity index (χ1n) is 5.31. The van der Waals surface area contributed by atoms with Gasteiger partial charge in [0.1, 0.15) is 13.0 Å². The number of carbonyl (C=O) groups is 1. The Morgan fingerprint density at radius 2 is 2.17 bits per heavy atom. The molecule has 1 heterocycles. The Kier molecular flexibility index (Phi) is 4.38. The molecule has 5 heteroatoms. The van der Waals surface area contributed by atoms with Crippen LogP contribution in [0, 0.1) is 3.57 Å². The quantitative estimate of drug-likeness (QED) is 0.624. The van der Waals surface area contributed by atoms with Crippen molar-refractivity contribution in [3.63, 3.8) is 0 Å². The smallest absolute Gasteiger partial charge is 0.263 e. The Hall–Kier alpha value is -1.34. The molecule has 0 aliphatic carbocycles. The van der Waals surface area contributed by atoms with Crippen LogP contribution >= 0.6 is 22.6 Å². The summed E-state index contributed by atoms with van der Waals surface area (Å²) in [5, 5.41) is 0. The number of nitrogens with zero attached hydrogens (tertiary/aromatic N) is 1. The number of hydrogen-bond donors (Lipinski definition) is 0. The van der Waals surface area contributed by atoms with Crippen molar-refractivity contribution in [2.75, 3.05) is 18.7 Å². The van der Waals surface area contributed by atoms with Gasteiger partial charge in [-0.15, -0.1) is 0 Å². The largest absolute Gasteiger partial charge is 0.472 e. The molecule has 0 saturated heterocycles. The second kappa shape index (κ2) is 6.01. The normalized spacial score (nSPS) is 10.3. The van der Waals surface area contributed by atoms with Crippen molar-refractivity contribution in [3.05, 3.63) is 52.0 Å². The summed E-state index contributed by atoms with van der Waals surface area (Å²) in [7, 11) is 1.56. The molecule has 0 atom stereocenters. The van der Waals surface area contributed by atoms with Gasteiger partial charge in [0, 0.05) is 10.7 Å². The highest BCUT2D eigenvalue weighted by Crippen LogP contribution is 2.23. The van der Waals surface area contributed by atoms with Gasteiger partial charge in [-0.25, -0.2) is 0 Å². The second-order valence-corrected chi connectivity index (χ2v) is 4.78. The Morgan fingerprint density at radius 3 is 2.78 bits per heavy atom. The summed E-state index contributed by atoms with van der Waals surface area (Å²) in [6, 6.07) is 9.29. The Labute approximate surface area is 119 Å². The lowest BCUT2D eigenvalue weighted by Crippen LogP contribution is -2.33. The van der Waals surface area contributed by atoms with E-state index in [0.717, 1.165) is 9.26 Å². The standard InChI is InChI=1S/C13H12INO3/c1-17-9-15(12-5-3-2-4-11(12)14)13(16)10-6-7-18-8-10/h2-8H,9H2,1H3. The van der Waals surface area contributed by atoms with Crippen molar-refractivity contribution in [1.29, 1.82) is 0 Å². The minimum absolute atomic E-state index is 0.144. The van der Waals surface area contributed by atoms with Crippen molar-refractivity contribution >= 4 is 34.2 Å². The summed E-state index contributed by atoms with van der Waals surface area (Å²) in [5.41, 5.74) is 1.33. The Morgan fingerprint density at radius 1 is 1.39 bits per heavy atom. The molecule has 4 nitrogen and oxygen atoms in total. The average molecular weight is 357 g/mol. The van der Waals surface area contributed by atoms with Crippen LogP contribution in [0.3, 0.4) is 0 Å². The summed E-state index contributed by atoms with van der Waals surface area (Å²) in [4.78, 5) is 13.9.